The first-order valence-electron chi connectivity index (χ1n) is 7.55. The van der Waals surface area contributed by atoms with E-state index in [1.54, 1.807) is 0 Å². The highest BCUT2D eigenvalue weighted by atomic mass is 19.4. The molecule has 1 aliphatic heterocycles. The molecule has 0 saturated carbocycles. The number of halogens is 3. The van der Waals surface area contributed by atoms with Gasteiger partial charge in [0.1, 0.15) is 5.75 Å². The molecule has 0 bridgehead atoms. The largest absolute Gasteiger partial charge is 0.496 e. The summed E-state index contributed by atoms with van der Waals surface area (Å²) in [6.07, 6.45) is -2.68. The summed E-state index contributed by atoms with van der Waals surface area (Å²) in [6, 6.07) is 3.75. The van der Waals surface area contributed by atoms with E-state index in [4.69, 9.17) is 4.74 Å². The molecular formula is C16H23F3N2O. The van der Waals surface area contributed by atoms with Crippen LogP contribution in [-0.2, 0) is 12.6 Å². The number of alkyl halides is 3. The van der Waals surface area contributed by atoms with E-state index in [2.05, 4.69) is 16.8 Å². The second-order valence-corrected chi connectivity index (χ2v) is 5.77. The van der Waals surface area contributed by atoms with Gasteiger partial charge >= 0.3 is 6.18 Å². The molecule has 22 heavy (non-hydrogen) atoms. The predicted octanol–water partition coefficient (Wildman–Crippen LogP) is 2.89. The first-order valence-corrected chi connectivity index (χ1v) is 7.55. The number of nitrogens with zero attached hydrogens (tertiary/aromatic N) is 2. The summed E-state index contributed by atoms with van der Waals surface area (Å²) in [5.74, 6) is 0.327. The lowest BCUT2D eigenvalue weighted by atomic mass is 10.0. The molecule has 124 valence electrons. The van der Waals surface area contributed by atoms with Crippen molar-refractivity contribution in [3.8, 4) is 5.75 Å². The number of piperazine rings is 1. The van der Waals surface area contributed by atoms with Crippen molar-refractivity contribution < 1.29 is 17.9 Å². The van der Waals surface area contributed by atoms with Gasteiger partial charge in [-0.15, -0.1) is 0 Å². The summed E-state index contributed by atoms with van der Waals surface area (Å²) in [6.45, 7) is 5.23. The van der Waals surface area contributed by atoms with E-state index < -0.39 is 11.7 Å². The van der Waals surface area contributed by atoms with Crippen LogP contribution in [0.3, 0.4) is 0 Å². The molecule has 1 aromatic carbocycles. The monoisotopic (exact) mass is 316 g/mol. The summed E-state index contributed by atoms with van der Waals surface area (Å²) in [7, 11) is 3.53. The summed E-state index contributed by atoms with van der Waals surface area (Å²) in [4.78, 5) is 4.70. The van der Waals surface area contributed by atoms with Crippen LogP contribution in [0.4, 0.5) is 13.2 Å². The molecule has 1 saturated heterocycles. The average molecular weight is 316 g/mol. The Hall–Kier alpha value is -1.27. The van der Waals surface area contributed by atoms with Crippen LogP contribution < -0.4 is 4.74 Å². The Morgan fingerprint density at radius 1 is 1.14 bits per heavy atom. The second-order valence-electron chi connectivity index (χ2n) is 5.77. The van der Waals surface area contributed by atoms with Crippen molar-refractivity contribution in [1.29, 1.82) is 0 Å². The molecule has 6 heteroatoms. The Morgan fingerprint density at radius 2 is 1.82 bits per heavy atom. The minimum atomic E-state index is -4.33. The molecule has 0 unspecified atom stereocenters. The normalized spacial score (nSPS) is 17.7. The molecule has 3 nitrogen and oxygen atoms in total. The van der Waals surface area contributed by atoms with Gasteiger partial charge in [-0.25, -0.2) is 0 Å². The van der Waals surface area contributed by atoms with Gasteiger partial charge in [0.2, 0.25) is 0 Å². The van der Waals surface area contributed by atoms with E-state index in [0.717, 1.165) is 63.3 Å². The minimum Gasteiger partial charge on any atom is -0.496 e. The van der Waals surface area contributed by atoms with E-state index in [9.17, 15) is 13.2 Å². The maximum Gasteiger partial charge on any atom is 0.416 e. The van der Waals surface area contributed by atoms with E-state index in [1.807, 2.05) is 0 Å². The number of hydrogen-bond acceptors (Lipinski definition) is 3. The van der Waals surface area contributed by atoms with Gasteiger partial charge in [-0.1, -0.05) is 6.07 Å². The van der Waals surface area contributed by atoms with Crippen LogP contribution in [0.15, 0.2) is 18.2 Å². The van der Waals surface area contributed by atoms with Crippen molar-refractivity contribution in [1.82, 2.24) is 9.80 Å². The van der Waals surface area contributed by atoms with E-state index in [1.165, 1.54) is 13.2 Å². The zero-order valence-corrected chi connectivity index (χ0v) is 13.1. The van der Waals surface area contributed by atoms with Crippen LogP contribution >= 0.6 is 0 Å². The fourth-order valence-corrected chi connectivity index (χ4v) is 2.69. The van der Waals surface area contributed by atoms with Gasteiger partial charge in [0.05, 0.1) is 12.7 Å². The van der Waals surface area contributed by atoms with Gasteiger partial charge in [-0.3, -0.25) is 0 Å². The smallest absolute Gasteiger partial charge is 0.416 e. The topological polar surface area (TPSA) is 15.7 Å². The van der Waals surface area contributed by atoms with Crippen LogP contribution in [0.2, 0.25) is 0 Å². The molecule has 0 atom stereocenters. The molecule has 1 fully saturated rings. The quantitative estimate of drug-likeness (QED) is 0.831. The third-order valence-electron chi connectivity index (χ3n) is 4.13. The van der Waals surface area contributed by atoms with Gasteiger partial charge in [0.15, 0.2) is 0 Å². The van der Waals surface area contributed by atoms with Crippen molar-refractivity contribution in [3.63, 3.8) is 0 Å². The maximum atomic E-state index is 12.7. The number of rotatable bonds is 5. The van der Waals surface area contributed by atoms with Crippen LogP contribution in [0.25, 0.3) is 0 Å². The number of benzene rings is 1. The zero-order valence-electron chi connectivity index (χ0n) is 13.1. The first-order chi connectivity index (χ1) is 10.4. The lowest BCUT2D eigenvalue weighted by molar-refractivity contribution is -0.137. The second kappa shape index (κ2) is 7.33. The predicted molar refractivity (Wildman–Crippen MR) is 80.3 cm³/mol. The van der Waals surface area contributed by atoms with Crippen LogP contribution in [0.5, 0.6) is 5.75 Å². The summed E-state index contributed by atoms with van der Waals surface area (Å²) in [5, 5.41) is 0. The molecule has 1 aromatic rings. The number of aryl methyl sites for hydroxylation is 1. The standard InChI is InChI=1S/C16H23F3N2O/c1-20-8-10-21(11-9-20)7-3-4-13-5-6-14(16(17,18)19)12-15(13)22-2/h5-6,12H,3-4,7-11H2,1-2H3. The highest BCUT2D eigenvalue weighted by molar-refractivity contribution is 5.38. The number of ether oxygens (including phenoxy) is 1. The maximum absolute atomic E-state index is 12.7. The molecule has 1 aliphatic rings. The van der Waals surface area contributed by atoms with Crippen molar-refractivity contribution in [2.45, 2.75) is 19.0 Å². The van der Waals surface area contributed by atoms with Crippen molar-refractivity contribution in [2.75, 3.05) is 46.9 Å². The highest BCUT2D eigenvalue weighted by Crippen LogP contribution is 2.33. The Labute approximate surface area is 129 Å². The zero-order chi connectivity index (χ0) is 16.2. The first kappa shape index (κ1) is 17.1. The number of hydrogen-bond donors (Lipinski definition) is 0. The summed E-state index contributed by atoms with van der Waals surface area (Å²) in [5.41, 5.74) is 0.178. The molecule has 2 rings (SSSR count). The summed E-state index contributed by atoms with van der Waals surface area (Å²) < 4.78 is 43.2. The van der Waals surface area contributed by atoms with Crippen LogP contribution in [-0.4, -0.2) is 56.7 Å². The Kier molecular flexibility index (Phi) is 5.69. The van der Waals surface area contributed by atoms with Crippen LogP contribution in [0.1, 0.15) is 17.5 Å². The van der Waals surface area contributed by atoms with Gasteiger partial charge < -0.3 is 14.5 Å². The van der Waals surface area contributed by atoms with Crippen molar-refractivity contribution >= 4 is 0 Å². The van der Waals surface area contributed by atoms with Crippen molar-refractivity contribution in [3.05, 3.63) is 29.3 Å². The molecule has 1 heterocycles. The third kappa shape index (κ3) is 4.61. The Balaban J connectivity index is 1.89. The fourth-order valence-electron chi connectivity index (χ4n) is 2.69. The SMILES string of the molecule is COc1cc(C(F)(F)F)ccc1CCCN1CCN(C)CC1. The molecule has 0 spiro atoms. The lowest BCUT2D eigenvalue weighted by Gasteiger charge is -2.32. The van der Waals surface area contributed by atoms with E-state index in [-0.39, 0.29) is 0 Å². The molecular weight excluding hydrogens is 293 g/mol. The molecule has 0 N–H and O–H groups in total. The van der Waals surface area contributed by atoms with Gasteiger partial charge in [-0.05, 0) is 44.1 Å². The summed E-state index contributed by atoms with van der Waals surface area (Å²) >= 11 is 0. The lowest BCUT2D eigenvalue weighted by Crippen LogP contribution is -2.44. The number of methoxy groups -OCH3 is 1. The van der Waals surface area contributed by atoms with E-state index >= 15 is 0 Å². The minimum absolute atomic E-state index is 0.327. The highest BCUT2D eigenvalue weighted by Gasteiger charge is 2.31. The van der Waals surface area contributed by atoms with Crippen LogP contribution in [0, 0.1) is 0 Å². The van der Waals surface area contributed by atoms with Gasteiger partial charge in [0, 0.05) is 26.2 Å². The van der Waals surface area contributed by atoms with Crippen molar-refractivity contribution in [2.24, 2.45) is 0 Å². The molecule has 0 amide bonds. The molecule has 0 aliphatic carbocycles. The van der Waals surface area contributed by atoms with Gasteiger partial charge in [-0.2, -0.15) is 13.2 Å². The third-order valence-corrected chi connectivity index (χ3v) is 4.13. The fraction of sp³-hybridized carbons (Fsp3) is 0.625. The Bertz CT molecular complexity index is 483. The molecule has 0 aromatic heterocycles. The van der Waals surface area contributed by atoms with E-state index in [0.29, 0.717) is 5.75 Å². The van der Waals surface area contributed by atoms with Gasteiger partial charge in [0.25, 0.3) is 0 Å². The molecule has 0 radical (unpaired) electrons. The average Bonchev–Trinajstić information content (AvgIpc) is 2.48. The number of likely N-dealkylation sites (N-methyl/N-ethyl adjacent to an activating group) is 1. The Morgan fingerprint density at radius 3 is 2.41 bits per heavy atom.